The maximum atomic E-state index is 11.8. The third kappa shape index (κ3) is 5.32. The van der Waals surface area contributed by atoms with E-state index in [-0.39, 0.29) is 30.1 Å². The minimum Gasteiger partial charge on any atom is -0.308 e. The Morgan fingerprint density at radius 2 is 2.19 bits per heavy atom. The van der Waals surface area contributed by atoms with Gasteiger partial charge in [0.05, 0.1) is 5.69 Å². The molecule has 1 aromatic rings. The lowest BCUT2D eigenvalue weighted by Crippen LogP contribution is -2.23. The van der Waals surface area contributed by atoms with Crippen molar-refractivity contribution in [3.05, 3.63) is 24.3 Å². The average molecular weight is 251 g/mol. The molecular weight excluding hydrogens is 239 g/mol. The van der Waals surface area contributed by atoms with Gasteiger partial charge in [-0.05, 0) is 18.7 Å². The maximum Gasteiger partial charge on any atom is 0.441 e. The SMILES string of the molecule is CC(NCCSC(F)(F)F)c1cnccn1. The lowest BCUT2D eigenvalue weighted by molar-refractivity contribution is -0.0327. The molecule has 1 heterocycles. The van der Waals surface area contributed by atoms with Gasteiger partial charge in [-0.2, -0.15) is 13.2 Å². The predicted molar refractivity (Wildman–Crippen MR) is 57.0 cm³/mol. The van der Waals surface area contributed by atoms with E-state index in [4.69, 9.17) is 0 Å². The minimum atomic E-state index is -4.16. The van der Waals surface area contributed by atoms with Crippen LogP contribution < -0.4 is 5.32 Å². The fourth-order valence-corrected chi connectivity index (χ4v) is 1.53. The molecule has 1 unspecified atom stereocenters. The number of thioether (sulfide) groups is 1. The number of aromatic nitrogens is 2. The number of halogens is 3. The predicted octanol–water partition coefficient (Wildman–Crippen LogP) is 2.38. The first kappa shape index (κ1) is 13.2. The maximum absolute atomic E-state index is 11.8. The van der Waals surface area contributed by atoms with Crippen LogP contribution in [-0.2, 0) is 0 Å². The van der Waals surface area contributed by atoms with Crippen molar-refractivity contribution in [3.63, 3.8) is 0 Å². The molecule has 0 saturated carbocycles. The van der Waals surface area contributed by atoms with Crippen LogP contribution in [0, 0.1) is 0 Å². The molecule has 0 fully saturated rings. The highest BCUT2D eigenvalue weighted by Crippen LogP contribution is 2.29. The van der Waals surface area contributed by atoms with E-state index >= 15 is 0 Å². The van der Waals surface area contributed by atoms with Gasteiger partial charge in [-0.15, -0.1) is 0 Å². The summed E-state index contributed by atoms with van der Waals surface area (Å²) in [6.07, 6.45) is 4.70. The van der Waals surface area contributed by atoms with Crippen molar-refractivity contribution < 1.29 is 13.2 Å². The number of nitrogens with zero attached hydrogens (tertiary/aromatic N) is 2. The molecule has 1 rings (SSSR count). The van der Waals surface area contributed by atoms with Crippen LogP contribution in [0.3, 0.4) is 0 Å². The van der Waals surface area contributed by atoms with E-state index in [0.29, 0.717) is 0 Å². The summed E-state index contributed by atoms with van der Waals surface area (Å²) in [5.74, 6) is -0.00585. The number of hydrogen-bond donors (Lipinski definition) is 1. The van der Waals surface area contributed by atoms with E-state index in [1.807, 2.05) is 6.92 Å². The highest BCUT2D eigenvalue weighted by molar-refractivity contribution is 8.00. The molecule has 1 aromatic heterocycles. The van der Waals surface area contributed by atoms with E-state index in [1.165, 1.54) is 0 Å². The molecule has 90 valence electrons. The van der Waals surface area contributed by atoms with Gasteiger partial charge < -0.3 is 5.32 Å². The highest BCUT2D eigenvalue weighted by Gasteiger charge is 2.27. The average Bonchev–Trinajstić information content (AvgIpc) is 2.24. The Labute approximate surface area is 95.9 Å². The van der Waals surface area contributed by atoms with Gasteiger partial charge in [-0.1, -0.05) is 0 Å². The molecule has 0 amide bonds. The Hall–Kier alpha value is -0.820. The van der Waals surface area contributed by atoms with E-state index in [0.717, 1.165) is 5.69 Å². The molecule has 0 aliphatic carbocycles. The van der Waals surface area contributed by atoms with Crippen LogP contribution in [0.15, 0.2) is 18.6 Å². The molecule has 3 nitrogen and oxygen atoms in total. The zero-order valence-corrected chi connectivity index (χ0v) is 9.48. The Bertz CT molecular complexity index is 305. The molecule has 0 radical (unpaired) electrons. The summed E-state index contributed by atoms with van der Waals surface area (Å²) in [4.78, 5) is 7.94. The van der Waals surface area contributed by atoms with Crippen molar-refractivity contribution >= 4 is 11.8 Å². The molecule has 0 aromatic carbocycles. The fraction of sp³-hybridized carbons (Fsp3) is 0.556. The van der Waals surface area contributed by atoms with Gasteiger partial charge >= 0.3 is 5.51 Å². The largest absolute Gasteiger partial charge is 0.441 e. The number of nitrogens with one attached hydrogen (secondary N) is 1. The van der Waals surface area contributed by atoms with Crippen LogP contribution in [0.25, 0.3) is 0 Å². The topological polar surface area (TPSA) is 37.8 Å². The van der Waals surface area contributed by atoms with Crippen LogP contribution in [0.2, 0.25) is 0 Å². The highest BCUT2D eigenvalue weighted by atomic mass is 32.2. The molecular formula is C9H12F3N3S. The van der Waals surface area contributed by atoms with Crippen molar-refractivity contribution in [2.75, 3.05) is 12.3 Å². The van der Waals surface area contributed by atoms with E-state index < -0.39 is 5.51 Å². The first-order chi connectivity index (χ1) is 7.49. The molecule has 16 heavy (non-hydrogen) atoms. The van der Waals surface area contributed by atoms with Crippen LogP contribution in [-0.4, -0.2) is 27.8 Å². The van der Waals surface area contributed by atoms with Gasteiger partial charge in [0.25, 0.3) is 0 Å². The summed E-state index contributed by atoms with van der Waals surface area (Å²) >= 11 is -0.0278. The molecule has 1 N–H and O–H groups in total. The molecule has 1 atom stereocenters. The van der Waals surface area contributed by atoms with Gasteiger partial charge in [-0.25, -0.2) is 0 Å². The summed E-state index contributed by atoms with van der Waals surface area (Å²) < 4.78 is 35.4. The van der Waals surface area contributed by atoms with Crippen LogP contribution in [0.5, 0.6) is 0 Å². The standard InChI is InChI=1S/C9H12F3N3S/c1-7(8-6-13-2-3-15-8)14-4-5-16-9(10,11)12/h2-3,6-7,14H,4-5H2,1H3. The van der Waals surface area contributed by atoms with Crippen molar-refractivity contribution in [1.29, 1.82) is 0 Å². The van der Waals surface area contributed by atoms with Crippen molar-refractivity contribution in [1.82, 2.24) is 15.3 Å². The van der Waals surface area contributed by atoms with Crippen LogP contribution >= 0.6 is 11.8 Å². The quantitative estimate of drug-likeness (QED) is 0.815. The van der Waals surface area contributed by atoms with Crippen molar-refractivity contribution in [3.8, 4) is 0 Å². The van der Waals surface area contributed by atoms with Crippen molar-refractivity contribution in [2.24, 2.45) is 0 Å². The second-order valence-electron chi connectivity index (χ2n) is 3.10. The Morgan fingerprint density at radius 3 is 2.75 bits per heavy atom. The third-order valence-electron chi connectivity index (χ3n) is 1.85. The van der Waals surface area contributed by atoms with Crippen LogP contribution in [0.1, 0.15) is 18.7 Å². The second-order valence-corrected chi connectivity index (χ2v) is 4.26. The minimum absolute atomic E-state index is 0.00585. The normalized spacial score (nSPS) is 13.8. The number of alkyl halides is 3. The van der Waals surface area contributed by atoms with Gasteiger partial charge in [0, 0.05) is 36.9 Å². The summed E-state index contributed by atoms with van der Waals surface area (Å²) in [5.41, 5.74) is -3.43. The van der Waals surface area contributed by atoms with E-state index in [1.54, 1.807) is 18.6 Å². The van der Waals surface area contributed by atoms with E-state index in [2.05, 4.69) is 15.3 Å². The van der Waals surface area contributed by atoms with Crippen molar-refractivity contribution in [2.45, 2.75) is 18.5 Å². The fourth-order valence-electron chi connectivity index (χ4n) is 1.08. The summed E-state index contributed by atoms with van der Waals surface area (Å²) in [5, 5.41) is 2.95. The molecule has 0 aliphatic rings. The lowest BCUT2D eigenvalue weighted by Gasteiger charge is -2.12. The molecule has 0 spiro atoms. The van der Waals surface area contributed by atoms with Gasteiger partial charge in [0.2, 0.25) is 0 Å². The molecule has 0 aliphatic heterocycles. The zero-order chi connectivity index (χ0) is 12.0. The Kier molecular flexibility index (Phi) is 5.01. The molecule has 0 saturated heterocycles. The lowest BCUT2D eigenvalue weighted by atomic mass is 10.2. The monoisotopic (exact) mass is 251 g/mol. The second kappa shape index (κ2) is 6.05. The first-order valence-electron chi connectivity index (χ1n) is 4.69. The van der Waals surface area contributed by atoms with Gasteiger partial charge in [0.1, 0.15) is 0 Å². The van der Waals surface area contributed by atoms with Crippen LogP contribution in [0.4, 0.5) is 13.2 Å². The van der Waals surface area contributed by atoms with Gasteiger partial charge in [-0.3, -0.25) is 9.97 Å². The molecule has 0 bridgehead atoms. The smallest absolute Gasteiger partial charge is 0.308 e. The van der Waals surface area contributed by atoms with Gasteiger partial charge in [0.15, 0.2) is 0 Å². The molecule has 7 heteroatoms. The first-order valence-corrected chi connectivity index (χ1v) is 5.67. The zero-order valence-electron chi connectivity index (χ0n) is 8.66. The summed E-state index contributed by atoms with van der Waals surface area (Å²) in [6.45, 7) is 2.12. The Balaban J connectivity index is 2.24. The Morgan fingerprint density at radius 1 is 1.44 bits per heavy atom. The van der Waals surface area contributed by atoms with E-state index in [9.17, 15) is 13.2 Å². The number of rotatable bonds is 5. The summed E-state index contributed by atoms with van der Waals surface area (Å²) in [6, 6.07) is -0.0949. The number of hydrogen-bond acceptors (Lipinski definition) is 4. The third-order valence-corrected chi connectivity index (χ3v) is 2.58. The summed E-state index contributed by atoms with van der Waals surface area (Å²) in [7, 11) is 0.